The van der Waals surface area contributed by atoms with E-state index < -0.39 is 5.54 Å². The highest BCUT2D eigenvalue weighted by Gasteiger charge is 2.35. The number of hydrogen-bond donors (Lipinski definition) is 1. The summed E-state index contributed by atoms with van der Waals surface area (Å²) in [7, 11) is 0. The van der Waals surface area contributed by atoms with E-state index in [1.807, 2.05) is 13.8 Å². The van der Waals surface area contributed by atoms with Crippen LogP contribution in [0.25, 0.3) is 0 Å². The van der Waals surface area contributed by atoms with Crippen LogP contribution in [0.3, 0.4) is 0 Å². The first-order valence-electron chi connectivity index (χ1n) is 5.69. The number of rotatable bonds is 5. The highest BCUT2D eigenvalue weighted by molar-refractivity contribution is 5.80. The molecule has 1 fully saturated rings. The van der Waals surface area contributed by atoms with Crippen LogP contribution < -0.4 is 5.32 Å². The van der Waals surface area contributed by atoms with Gasteiger partial charge in [-0.3, -0.25) is 4.79 Å². The molecule has 1 rings (SSSR count). The van der Waals surface area contributed by atoms with Crippen LogP contribution in [-0.4, -0.2) is 37.9 Å². The molecule has 0 amide bonds. The van der Waals surface area contributed by atoms with Gasteiger partial charge in [0.1, 0.15) is 12.1 Å². The predicted molar refractivity (Wildman–Crippen MR) is 57.7 cm³/mol. The average Bonchev–Trinajstić information content (AvgIpc) is 2.25. The summed E-state index contributed by atoms with van der Waals surface area (Å²) in [6.45, 7) is 6.23. The lowest BCUT2D eigenvalue weighted by Gasteiger charge is -2.32. The number of hydrogen-bond acceptors (Lipinski definition) is 4. The molecule has 0 radical (unpaired) electrons. The Kier molecular flexibility index (Phi) is 5.05. The summed E-state index contributed by atoms with van der Waals surface area (Å²) in [6.07, 6.45) is 3.09. The van der Waals surface area contributed by atoms with Crippen molar-refractivity contribution in [3.05, 3.63) is 0 Å². The van der Waals surface area contributed by atoms with Gasteiger partial charge in [0.25, 0.3) is 0 Å². The molecule has 0 bridgehead atoms. The molecule has 1 aliphatic rings. The zero-order valence-corrected chi connectivity index (χ0v) is 9.67. The van der Waals surface area contributed by atoms with E-state index in [0.29, 0.717) is 19.8 Å². The molecule has 0 aromatic carbocycles. The van der Waals surface area contributed by atoms with Crippen molar-refractivity contribution in [1.29, 1.82) is 0 Å². The maximum Gasteiger partial charge on any atom is 0.326 e. The van der Waals surface area contributed by atoms with E-state index >= 15 is 0 Å². The van der Waals surface area contributed by atoms with Crippen molar-refractivity contribution in [2.45, 2.75) is 38.6 Å². The van der Waals surface area contributed by atoms with Gasteiger partial charge in [0.2, 0.25) is 0 Å². The molecule has 15 heavy (non-hydrogen) atoms. The van der Waals surface area contributed by atoms with E-state index in [1.54, 1.807) is 0 Å². The Labute approximate surface area is 91.3 Å². The third kappa shape index (κ3) is 3.80. The van der Waals surface area contributed by atoms with Crippen molar-refractivity contribution in [3.63, 3.8) is 0 Å². The minimum Gasteiger partial charge on any atom is -0.462 e. The first-order valence-corrected chi connectivity index (χ1v) is 5.69. The summed E-state index contributed by atoms with van der Waals surface area (Å²) in [4.78, 5) is 11.7. The Hall–Kier alpha value is -0.610. The maximum atomic E-state index is 11.7. The van der Waals surface area contributed by atoms with E-state index in [1.165, 1.54) is 0 Å². The molecule has 1 unspecified atom stereocenters. The fraction of sp³-hybridized carbons (Fsp3) is 0.909. The highest BCUT2D eigenvalue weighted by Crippen LogP contribution is 2.19. The zero-order valence-electron chi connectivity index (χ0n) is 9.67. The van der Waals surface area contributed by atoms with Crippen molar-refractivity contribution in [2.24, 2.45) is 0 Å². The number of piperidine rings is 1. The number of carbonyl (C=O) groups excluding carboxylic acids is 1. The average molecular weight is 215 g/mol. The number of nitrogens with one attached hydrogen (secondary N) is 1. The Balaban J connectivity index is 2.25. The molecule has 1 saturated heterocycles. The molecular weight excluding hydrogens is 194 g/mol. The summed E-state index contributed by atoms with van der Waals surface area (Å²) < 4.78 is 10.3. The molecular formula is C11H21NO3. The van der Waals surface area contributed by atoms with Crippen LogP contribution in [0, 0.1) is 0 Å². The minimum atomic E-state index is -0.482. The lowest BCUT2D eigenvalue weighted by Crippen LogP contribution is -2.53. The summed E-state index contributed by atoms with van der Waals surface area (Å²) in [5.74, 6) is -0.151. The Morgan fingerprint density at radius 3 is 2.80 bits per heavy atom. The lowest BCUT2D eigenvalue weighted by atomic mass is 9.91. The third-order valence-corrected chi connectivity index (χ3v) is 2.73. The molecule has 4 nitrogen and oxygen atoms in total. The smallest absolute Gasteiger partial charge is 0.326 e. The number of carbonyl (C=O) groups is 1. The van der Waals surface area contributed by atoms with Gasteiger partial charge in [-0.1, -0.05) is 0 Å². The molecule has 0 spiro atoms. The van der Waals surface area contributed by atoms with Gasteiger partial charge in [-0.05, 0) is 39.7 Å². The van der Waals surface area contributed by atoms with E-state index in [-0.39, 0.29) is 5.97 Å². The van der Waals surface area contributed by atoms with Gasteiger partial charge in [-0.15, -0.1) is 0 Å². The van der Waals surface area contributed by atoms with Gasteiger partial charge in [0.15, 0.2) is 0 Å². The number of esters is 1. The van der Waals surface area contributed by atoms with Crippen LogP contribution in [0.15, 0.2) is 0 Å². The SMILES string of the molecule is CCOCCOC(=O)C1(C)CCCCN1. The third-order valence-electron chi connectivity index (χ3n) is 2.73. The fourth-order valence-corrected chi connectivity index (χ4v) is 1.73. The second-order valence-electron chi connectivity index (χ2n) is 4.05. The highest BCUT2D eigenvalue weighted by atomic mass is 16.6. The van der Waals surface area contributed by atoms with Crippen molar-refractivity contribution in [3.8, 4) is 0 Å². The summed E-state index contributed by atoms with van der Waals surface area (Å²) in [6, 6.07) is 0. The molecule has 88 valence electrons. The normalized spacial score (nSPS) is 26.3. The monoisotopic (exact) mass is 215 g/mol. The van der Waals surface area contributed by atoms with Crippen LogP contribution in [0.4, 0.5) is 0 Å². The van der Waals surface area contributed by atoms with E-state index in [9.17, 15) is 4.79 Å². The van der Waals surface area contributed by atoms with Gasteiger partial charge in [0, 0.05) is 6.61 Å². The lowest BCUT2D eigenvalue weighted by molar-refractivity contribution is -0.153. The summed E-state index contributed by atoms with van der Waals surface area (Å²) in [5, 5.41) is 3.22. The topological polar surface area (TPSA) is 47.6 Å². The van der Waals surface area contributed by atoms with Gasteiger partial charge in [-0.2, -0.15) is 0 Å². The molecule has 0 aromatic heterocycles. The van der Waals surface area contributed by atoms with Crippen LogP contribution >= 0.6 is 0 Å². The van der Waals surface area contributed by atoms with Gasteiger partial charge in [-0.25, -0.2) is 0 Å². The zero-order chi connectivity index (χ0) is 11.1. The summed E-state index contributed by atoms with van der Waals surface area (Å²) in [5.41, 5.74) is -0.482. The van der Waals surface area contributed by atoms with Gasteiger partial charge < -0.3 is 14.8 Å². The molecule has 1 atom stereocenters. The fourth-order valence-electron chi connectivity index (χ4n) is 1.73. The van der Waals surface area contributed by atoms with E-state index in [4.69, 9.17) is 9.47 Å². The van der Waals surface area contributed by atoms with E-state index in [0.717, 1.165) is 25.8 Å². The minimum absolute atomic E-state index is 0.151. The first kappa shape index (κ1) is 12.5. The van der Waals surface area contributed by atoms with E-state index in [2.05, 4.69) is 5.32 Å². The maximum absolute atomic E-state index is 11.7. The molecule has 1 aliphatic heterocycles. The molecule has 0 aromatic rings. The molecule has 1 heterocycles. The largest absolute Gasteiger partial charge is 0.462 e. The quantitative estimate of drug-likeness (QED) is 0.551. The van der Waals surface area contributed by atoms with Gasteiger partial charge >= 0.3 is 5.97 Å². The Bertz CT molecular complexity index is 200. The Morgan fingerprint density at radius 1 is 1.40 bits per heavy atom. The van der Waals surface area contributed by atoms with Crippen molar-refractivity contribution >= 4 is 5.97 Å². The van der Waals surface area contributed by atoms with Crippen LogP contribution in [0.5, 0.6) is 0 Å². The first-order chi connectivity index (χ1) is 7.19. The molecule has 0 aliphatic carbocycles. The van der Waals surface area contributed by atoms with Crippen LogP contribution in [0.2, 0.25) is 0 Å². The van der Waals surface area contributed by atoms with Crippen molar-refractivity contribution in [1.82, 2.24) is 5.32 Å². The number of ether oxygens (including phenoxy) is 2. The van der Waals surface area contributed by atoms with Crippen LogP contribution in [-0.2, 0) is 14.3 Å². The van der Waals surface area contributed by atoms with Crippen LogP contribution in [0.1, 0.15) is 33.1 Å². The molecule has 1 N–H and O–H groups in total. The second kappa shape index (κ2) is 6.08. The van der Waals surface area contributed by atoms with Crippen molar-refractivity contribution < 1.29 is 14.3 Å². The molecule has 4 heteroatoms. The molecule has 0 saturated carbocycles. The predicted octanol–water partition coefficient (Wildman–Crippen LogP) is 1.10. The standard InChI is InChI=1S/C11H21NO3/c1-3-14-8-9-15-10(13)11(2)6-4-5-7-12-11/h12H,3-9H2,1-2H3. The Morgan fingerprint density at radius 2 is 2.20 bits per heavy atom. The van der Waals surface area contributed by atoms with Crippen molar-refractivity contribution in [2.75, 3.05) is 26.4 Å². The summed E-state index contributed by atoms with van der Waals surface area (Å²) >= 11 is 0. The second-order valence-corrected chi connectivity index (χ2v) is 4.05. The van der Waals surface area contributed by atoms with Gasteiger partial charge in [0.05, 0.1) is 6.61 Å².